The van der Waals surface area contributed by atoms with Crippen LogP contribution in [0.2, 0.25) is 0 Å². The Bertz CT molecular complexity index is 723. The van der Waals surface area contributed by atoms with E-state index in [0.717, 1.165) is 0 Å². The maximum atomic E-state index is 12.0. The lowest BCUT2D eigenvalue weighted by molar-refractivity contribution is 0.0692. The summed E-state index contributed by atoms with van der Waals surface area (Å²) in [6, 6.07) is 14.2. The Morgan fingerprint density at radius 1 is 1.00 bits per heavy atom. The minimum Gasteiger partial charge on any atom is -0.492 e. The van der Waals surface area contributed by atoms with Gasteiger partial charge in [0.1, 0.15) is 17.9 Å². The number of carboxylic acid groups (broad SMARTS) is 1. The smallest absolute Gasteiger partial charge is 0.339 e. The SMILES string of the molecule is O=C(O)c1ccccc1OCCS(=O)(=O)c1ccccc1. The summed E-state index contributed by atoms with van der Waals surface area (Å²) >= 11 is 0. The maximum Gasteiger partial charge on any atom is 0.339 e. The lowest BCUT2D eigenvalue weighted by atomic mass is 10.2. The van der Waals surface area contributed by atoms with E-state index in [4.69, 9.17) is 9.84 Å². The Morgan fingerprint density at radius 2 is 1.62 bits per heavy atom. The van der Waals surface area contributed by atoms with Crippen LogP contribution in [0, 0.1) is 0 Å². The van der Waals surface area contributed by atoms with E-state index in [1.807, 2.05) is 0 Å². The third kappa shape index (κ3) is 3.82. The van der Waals surface area contributed by atoms with Gasteiger partial charge in [0.2, 0.25) is 0 Å². The monoisotopic (exact) mass is 306 g/mol. The molecule has 2 rings (SSSR count). The van der Waals surface area contributed by atoms with Crippen molar-refractivity contribution >= 4 is 15.8 Å². The lowest BCUT2D eigenvalue weighted by Gasteiger charge is -2.09. The average molecular weight is 306 g/mol. The molecule has 6 heteroatoms. The summed E-state index contributed by atoms with van der Waals surface area (Å²) in [5, 5.41) is 9.00. The summed E-state index contributed by atoms with van der Waals surface area (Å²) in [5.74, 6) is -1.17. The highest BCUT2D eigenvalue weighted by molar-refractivity contribution is 7.91. The molecule has 21 heavy (non-hydrogen) atoms. The van der Waals surface area contributed by atoms with Gasteiger partial charge in [-0.25, -0.2) is 13.2 Å². The van der Waals surface area contributed by atoms with Crippen LogP contribution in [-0.4, -0.2) is 31.9 Å². The molecule has 0 unspecified atom stereocenters. The summed E-state index contributed by atoms with van der Waals surface area (Å²) in [6.45, 7) is -0.110. The first kappa shape index (κ1) is 15.1. The van der Waals surface area contributed by atoms with Gasteiger partial charge in [-0.3, -0.25) is 0 Å². The molecule has 0 amide bonds. The van der Waals surface area contributed by atoms with Gasteiger partial charge in [-0.1, -0.05) is 30.3 Å². The van der Waals surface area contributed by atoms with Crippen LogP contribution in [0.25, 0.3) is 0 Å². The van der Waals surface area contributed by atoms with Gasteiger partial charge in [-0.2, -0.15) is 0 Å². The van der Waals surface area contributed by atoms with Gasteiger partial charge in [0, 0.05) is 0 Å². The molecule has 2 aromatic rings. The zero-order valence-electron chi connectivity index (χ0n) is 11.1. The Balaban J connectivity index is 2.04. The predicted octanol–water partition coefficient (Wildman–Crippen LogP) is 2.24. The van der Waals surface area contributed by atoms with E-state index in [2.05, 4.69) is 0 Å². The molecule has 0 saturated carbocycles. The molecule has 110 valence electrons. The first-order valence-electron chi connectivity index (χ1n) is 6.23. The van der Waals surface area contributed by atoms with Crippen molar-refractivity contribution in [1.82, 2.24) is 0 Å². The van der Waals surface area contributed by atoms with Crippen molar-refractivity contribution in [3.8, 4) is 5.75 Å². The fraction of sp³-hybridized carbons (Fsp3) is 0.133. The summed E-state index contributed by atoms with van der Waals surface area (Å²) in [7, 11) is -3.44. The van der Waals surface area contributed by atoms with Crippen molar-refractivity contribution in [1.29, 1.82) is 0 Å². The lowest BCUT2D eigenvalue weighted by Crippen LogP contribution is -2.15. The highest BCUT2D eigenvalue weighted by atomic mass is 32.2. The summed E-state index contributed by atoms with van der Waals surface area (Å²) in [4.78, 5) is 11.2. The molecule has 5 nitrogen and oxygen atoms in total. The molecule has 0 aromatic heterocycles. The molecule has 2 aromatic carbocycles. The third-order valence-corrected chi connectivity index (χ3v) is 4.52. The van der Waals surface area contributed by atoms with E-state index in [1.165, 1.54) is 24.3 Å². The highest BCUT2D eigenvalue weighted by Crippen LogP contribution is 2.18. The number of aromatic carboxylic acids is 1. The molecule has 0 heterocycles. The van der Waals surface area contributed by atoms with Gasteiger partial charge in [-0.15, -0.1) is 0 Å². The molecule has 0 aliphatic heterocycles. The van der Waals surface area contributed by atoms with Crippen LogP contribution in [0.3, 0.4) is 0 Å². The molecule has 0 spiro atoms. The molecular weight excluding hydrogens is 292 g/mol. The summed E-state index contributed by atoms with van der Waals surface area (Å²) in [5.41, 5.74) is 0.00890. The molecule has 0 aliphatic carbocycles. The van der Waals surface area contributed by atoms with E-state index in [-0.39, 0.29) is 28.6 Å². The zero-order chi connectivity index (χ0) is 15.3. The van der Waals surface area contributed by atoms with Crippen LogP contribution in [0.5, 0.6) is 5.75 Å². The molecular formula is C15H14O5S. The van der Waals surface area contributed by atoms with Gasteiger partial charge in [0.25, 0.3) is 0 Å². The molecule has 0 saturated heterocycles. The quantitative estimate of drug-likeness (QED) is 0.885. The van der Waals surface area contributed by atoms with E-state index < -0.39 is 15.8 Å². The number of hydrogen-bond donors (Lipinski definition) is 1. The van der Waals surface area contributed by atoms with Crippen molar-refractivity contribution in [2.75, 3.05) is 12.4 Å². The topological polar surface area (TPSA) is 80.7 Å². The predicted molar refractivity (Wildman–Crippen MR) is 77.4 cm³/mol. The standard InChI is InChI=1S/C15H14O5S/c16-15(17)13-8-4-5-9-14(13)20-10-11-21(18,19)12-6-2-1-3-7-12/h1-9H,10-11H2,(H,16,17). The Labute approximate surface area is 122 Å². The Morgan fingerprint density at radius 3 is 2.29 bits per heavy atom. The molecule has 0 atom stereocenters. The van der Waals surface area contributed by atoms with Crippen LogP contribution < -0.4 is 4.74 Å². The van der Waals surface area contributed by atoms with Crippen molar-refractivity contribution < 1.29 is 23.1 Å². The molecule has 0 bridgehead atoms. The number of ether oxygens (including phenoxy) is 1. The number of sulfone groups is 1. The van der Waals surface area contributed by atoms with Crippen molar-refractivity contribution in [2.24, 2.45) is 0 Å². The van der Waals surface area contributed by atoms with E-state index in [0.29, 0.717) is 0 Å². The number of para-hydroxylation sites is 1. The van der Waals surface area contributed by atoms with Crippen LogP contribution in [0.4, 0.5) is 0 Å². The van der Waals surface area contributed by atoms with Gasteiger partial charge < -0.3 is 9.84 Å². The maximum absolute atomic E-state index is 12.0. The van der Waals surface area contributed by atoms with Crippen molar-refractivity contribution in [3.05, 3.63) is 60.2 Å². The minimum absolute atomic E-state index is 0.00890. The Hall–Kier alpha value is -2.34. The van der Waals surface area contributed by atoms with E-state index >= 15 is 0 Å². The van der Waals surface area contributed by atoms with Crippen LogP contribution in [-0.2, 0) is 9.84 Å². The number of benzene rings is 2. The third-order valence-electron chi connectivity index (χ3n) is 2.83. The number of carbonyl (C=O) groups is 1. The van der Waals surface area contributed by atoms with Crippen molar-refractivity contribution in [3.63, 3.8) is 0 Å². The Kier molecular flexibility index (Phi) is 4.59. The molecule has 0 radical (unpaired) electrons. The molecule has 0 aliphatic rings. The van der Waals surface area contributed by atoms with Gasteiger partial charge in [0.05, 0.1) is 10.6 Å². The first-order valence-corrected chi connectivity index (χ1v) is 7.89. The van der Waals surface area contributed by atoms with E-state index in [1.54, 1.807) is 30.3 Å². The second-order valence-corrected chi connectivity index (χ2v) is 6.39. The number of hydrogen-bond acceptors (Lipinski definition) is 4. The van der Waals surface area contributed by atoms with Crippen LogP contribution >= 0.6 is 0 Å². The van der Waals surface area contributed by atoms with Crippen molar-refractivity contribution in [2.45, 2.75) is 4.90 Å². The fourth-order valence-electron chi connectivity index (χ4n) is 1.78. The van der Waals surface area contributed by atoms with Crippen LogP contribution in [0.15, 0.2) is 59.5 Å². The van der Waals surface area contributed by atoms with Gasteiger partial charge in [0.15, 0.2) is 9.84 Å². The fourth-order valence-corrected chi connectivity index (χ4v) is 2.89. The first-order chi connectivity index (χ1) is 10.0. The van der Waals surface area contributed by atoms with Crippen LogP contribution in [0.1, 0.15) is 10.4 Å². The normalized spacial score (nSPS) is 11.0. The van der Waals surface area contributed by atoms with E-state index in [9.17, 15) is 13.2 Å². The largest absolute Gasteiger partial charge is 0.492 e. The highest BCUT2D eigenvalue weighted by Gasteiger charge is 2.15. The molecule has 0 fully saturated rings. The molecule has 1 N–H and O–H groups in total. The number of carboxylic acids is 1. The minimum atomic E-state index is -3.44. The van der Waals surface area contributed by atoms with Gasteiger partial charge >= 0.3 is 5.97 Å². The average Bonchev–Trinajstić information content (AvgIpc) is 2.48. The number of rotatable bonds is 6. The summed E-state index contributed by atoms with van der Waals surface area (Å²) < 4.78 is 29.4. The summed E-state index contributed by atoms with van der Waals surface area (Å²) in [6.07, 6.45) is 0. The zero-order valence-corrected chi connectivity index (χ0v) is 11.9. The van der Waals surface area contributed by atoms with Gasteiger partial charge in [-0.05, 0) is 24.3 Å². The second kappa shape index (κ2) is 6.41. The second-order valence-electron chi connectivity index (χ2n) is 4.28.